The van der Waals surface area contributed by atoms with Crippen LogP contribution in [0.2, 0.25) is 0 Å². The van der Waals surface area contributed by atoms with Crippen molar-refractivity contribution in [3.63, 3.8) is 0 Å². The van der Waals surface area contributed by atoms with Gasteiger partial charge in [0.2, 0.25) is 0 Å². The molecular weight excluding hydrogens is 336 g/mol. The van der Waals surface area contributed by atoms with Gasteiger partial charge >= 0.3 is 0 Å². The van der Waals surface area contributed by atoms with Gasteiger partial charge in [-0.15, -0.1) is 12.8 Å². The average Bonchev–Trinajstić information content (AvgIpc) is 2.98. The summed E-state index contributed by atoms with van der Waals surface area (Å²) >= 11 is 0. The van der Waals surface area contributed by atoms with Crippen LogP contribution in [0.3, 0.4) is 0 Å². The van der Waals surface area contributed by atoms with Gasteiger partial charge in [0.15, 0.2) is 0 Å². The molecule has 0 fully saturated rings. The van der Waals surface area contributed by atoms with E-state index in [9.17, 15) is 0 Å². The van der Waals surface area contributed by atoms with E-state index in [1.165, 1.54) is 44.6 Å². The molecule has 0 amide bonds. The molecule has 0 spiro atoms. The zero-order chi connectivity index (χ0) is 21.2. The number of allylic oxidation sites excluding steroid dienone is 10. The first kappa shape index (κ1) is 21.2. The molecule has 0 bridgehead atoms. The van der Waals surface area contributed by atoms with Gasteiger partial charge in [-0.2, -0.15) is 0 Å². The van der Waals surface area contributed by atoms with Gasteiger partial charge in [-0.05, 0) is 77.7 Å². The Morgan fingerprint density at radius 1 is 0.536 bits per heavy atom. The van der Waals surface area contributed by atoms with Gasteiger partial charge in [0.1, 0.15) is 0 Å². The monoisotopic (exact) mass is 364 g/mol. The highest BCUT2D eigenvalue weighted by atomic mass is 14.3. The predicted molar refractivity (Wildman–Crippen MR) is 121 cm³/mol. The second-order valence-electron chi connectivity index (χ2n) is 7.68. The van der Waals surface area contributed by atoms with Crippen molar-refractivity contribution >= 4 is 0 Å². The molecule has 2 aliphatic carbocycles. The van der Waals surface area contributed by atoms with Crippen LogP contribution in [0.15, 0.2) is 55.7 Å². The van der Waals surface area contributed by atoms with Crippen molar-refractivity contribution in [2.75, 3.05) is 0 Å². The van der Waals surface area contributed by atoms with Crippen molar-refractivity contribution in [2.45, 2.75) is 55.4 Å². The van der Waals surface area contributed by atoms with Crippen molar-refractivity contribution in [2.24, 2.45) is 11.8 Å². The quantitative estimate of drug-likeness (QED) is 0.451. The van der Waals surface area contributed by atoms with Gasteiger partial charge in [-0.3, -0.25) is 0 Å². The zero-order valence-electron chi connectivity index (χ0n) is 18.3. The van der Waals surface area contributed by atoms with Gasteiger partial charge in [-0.25, -0.2) is 0 Å². The summed E-state index contributed by atoms with van der Waals surface area (Å²) in [7, 11) is 0. The molecule has 0 saturated heterocycles. The van der Waals surface area contributed by atoms with E-state index in [1.807, 2.05) is 0 Å². The van der Waals surface area contributed by atoms with Crippen molar-refractivity contribution in [1.82, 2.24) is 0 Å². The lowest BCUT2D eigenvalue weighted by Gasteiger charge is -2.07. The van der Waals surface area contributed by atoms with Gasteiger partial charge in [0.25, 0.3) is 0 Å². The Morgan fingerprint density at radius 2 is 0.786 bits per heavy atom. The van der Waals surface area contributed by atoms with E-state index in [4.69, 9.17) is 12.8 Å². The van der Waals surface area contributed by atoms with E-state index in [-0.39, 0.29) is 11.8 Å². The van der Waals surface area contributed by atoms with E-state index in [2.05, 4.69) is 90.9 Å². The Hall–Kier alpha value is -3.06. The normalized spacial score (nSPS) is 18.5. The molecule has 2 aliphatic rings. The standard InChI is InChI=1S/C28H28/c1-11-25(13-15-27-21(7)17(3)18(4)22(27)8)26(12-2)14-16-28-23(9)19(5)20(6)24(28)10/h1-2,27-28H,3-10H3/b26-25+. The summed E-state index contributed by atoms with van der Waals surface area (Å²) in [6.45, 7) is 17.1. The third-order valence-electron chi connectivity index (χ3n) is 6.44. The fourth-order valence-electron chi connectivity index (χ4n) is 3.76. The maximum Gasteiger partial charge on any atom is 0.0982 e. The van der Waals surface area contributed by atoms with Crippen molar-refractivity contribution < 1.29 is 0 Å². The Labute approximate surface area is 171 Å². The molecule has 0 aromatic carbocycles. The van der Waals surface area contributed by atoms with Gasteiger partial charge < -0.3 is 0 Å². The van der Waals surface area contributed by atoms with Crippen LogP contribution in [-0.2, 0) is 0 Å². The van der Waals surface area contributed by atoms with Gasteiger partial charge in [-0.1, -0.05) is 57.8 Å². The van der Waals surface area contributed by atoms with E-state index in [0.29, 0.717) is 11.1 Å². The summed E-state index contributed by atoms with van der Waals surface area (Å²) in [6.07, 6.45) is 11.4. The molecule has 28 heavy (non-hydrogen) atoms. The maximum absolute atomic E-state index is 5.72. The highest BCUT2D eigenvalue weighted by molar-refractivity contribution is 5.62. The first-order chi connectivity index (χ1) is 13.1. The van der Waals surface area contributed by atoms with Crippen LogP contribution in [0.25, 0.3) is 0 Å². The van der Waals surface area contributed by atoms with Gasteiger partial charge in [0, 0.05) is 0 Å². The van der Waals surface area contributed by atoms with Gasteiger partial charge in [0.05, 0.1) is 23.0 Å². The topological polar surface area (TPSA) is 0 Å². The molecule has 0 unspecified atom stereocenters. The van der Waals surface area contributed by atoms with Crippen LogP contribution in [0.4, 0.5) is 0 Å². The van der Waals surface area contributed by atoms with Crippen LogP contribution in [-0.4, -0.2) is 0 Å². The van der Waals surface area contributed by atoms with E-state index < -0.39 is 0 Å². The third-order valence-corrected chi connectivity index (χ3v) is 6.44. The second-order valence-corrected chi connectivity index (χ2v) is 7.68. The summed E-state index contributed by atoms with van der Waals surface area (Å²) in [5.74, 6) is 18.4. The van der Waals surface area contributed by atoms with Crippen LogP contribution in [0.5, 0.6) is 0 Å². The minimum absolute atomic E-state index is 0.103. The SMILES string of the molecule is C#C/C(C#CC1C(C)=C(C)C(C)=C1C)=C(/C#C)C#CC1C(C)=C(C)C(C)=C1C. The number of terminal acetylenes is 2. The van der Waals surface area contributed by atoms with Crippen molar-refractivity contribution in [3.8, 4) is 48.4 Å². The van der Waals surface area contributed by atoms with Crippen molar-refractivity contribution in [1.29, 1.82) is 0 Å². The Morgan fingerprint density at radius 3 is 1.00 bits per heavy atom. The Kier molecular flexibility index (Phi) is 6.30. The lowest BCUT2D eigenvalue weighted by atomic mass is 9.96. The summed E-state index contributed by atoms with van der Waals surface area (Å²) in [6, 6.07) is 0. The minimum atomic E-state index is 0.103. The predicted octanol–water partition coefficient (Wildman–Crippen LogP) is 6.16. The smallest absolute Gasteiger partial charge is 0.0982 e. The third kappa shape index (κ3) is 3.66. The van der Waals surface area contributed by atoms with E-state index in [0.717, 1.165) is 0 Å². The molecule has 0 N–H and O–H groups in total. The lowest BCUT2D eigenvalue weighted by molar-refractivity contribution is 0.942. The molecule has 0 saturated carbocycles. The molecule has 140 valence electrons. The molecule has 0 aliphatic heterocycles. The molecule has 0 heteroatoms. The Bertz CT molecular complexity index is 959. The van der Waals surface area contributed by atoms with Crippen molar-refractivity contribution in [3.05, 3.63) is 55.7 Å². The summed E-state index contributed by atoms with van der Waals surface area (Å²) in [5, 5.41) is 0. The van der Waals surface area contributed by atoms with E-state index in [1.54, 1.807) is 0 Å². The first-order valence-electron chi connectivity index (χ1n) is 9.56. The fraction of sp³-hybridized carbons (Fsp3) is 0.357. The second kappa shape index (κ2) is 8.31. The highest BCUT2D eigenvalue weighted by Gasteiger charge is 2.23. The minimum Gasteiger partial charge on any atom is -0.114 e. The first-order valence-corrected chi connectivity index (χ1v) is 9.56. The molecule has 0 atom stereocenters. The summed E-state index contributed by atoms with van der Waals surface area (Å²) in [4.78, 5) is 0. The fourth-order valence-corrected chi connectivity index (χ4v) is 3.76. The number of hydrogen-bond donors (Lipinski definition) is 0. The molecule has 2 rings (SSSR count). The highest BCUT2D eigenvalue weighted by Crippen LogP contribution is 2.37. The van der Waals surface area contributed by atoms with Crippen LogP contribution in [0, 0.1) is 60.2 Å². The zero-order valence-corrected chi connectivity index (χ0v) is 18.3. The van der Waals surface area contributed by atoms with Crippen LogP contribution in [0.1, 0.15) is 55.4 Å². The molecule has 0 heterocycles. The van der Waals surface area contributed by atoms with Crippen LogP contribution < -0.4 is 0 Å². The van der Waals surface area contributed by atoms with E-state index >= 15 is 0 Å². The number of hydrogen-bond acceptors (Lipinski definition) is 0. The number of rotatable bonds is 0. The maximum atomic E-state index is 5.72. The molecule has 0 nitrogen and oxygen atoms in total. The summed E-state index contributed by atoms with van der Waals surface area (Å²) in [5.41, 5.74) is 11.4. The average molecular weight is 365 g/mol. The van der Waals surface area contributed by atoms with Crippen LogP contribution >= 0.6 is 0 Å². The molecule has 0 radical (unpaired) electrons. The largest absolute Gasteiger partial charge is 0.114 e. The lowest BCUT2D eigenvalue weighted by Crippen LogP contribution is -1.98. The molecule has 0 aromatic rings. The molecular formula is C28H28. The molecule has 0 aromatic heterocycles. The summed E-state index contributed by atoms with van der Waals surface area (Å²) < 4.78 is 0. The Balaban J connectivity index is 2.44.